The summed E-state index contributed by atoms with van der Waals surface area (Å²) in [7, 11) is 0. The van der Waals surface area contributed by atoms with Crippen molar-refractivity contribution in [3.63, 3.8) is 0 Å². The second kappa shape index (κ2) is 7.42. The Balaban J connectivity index is 2.38. The van der Waals surface area contributed by atoms with E-state index in [-0.39, 0.29) is 17.1 Å². The summed E-state index contributed by atoms with van der Waals surface area (Å²) in [5, 5.41) is -0.181. The molecule has 0 radical (unpaired) electrons. The van der Waals surface area contributed by atoms with Gasteiger partial charge in [-0.15, -0.1) is 11.6 Å². The van der Waals surface area contributed by atoms with Crippen LogP contribution in [0.2, 0.25) is 0 Å². The molecule has 0 aromatic heterocycles. The van der Waals surface area contributed by atoms with Gasteiger partial charge in [-0.1, -0.05) is 56.7 Å². The van der Waals surface area contributed by atoms with E-state index in [0.717, 1.165) is 12.0 Å². The fourth-order valence-electron chi connectivity index (χ4n) is 2.61. The number of benzene rings is 2. The van der Waals surface area contributed by atoms with Crippen molar-refractivity contribution in [2.24, 2.45) is 5.92 Å². The average molecular weight is 370 g/mol. The van der Waals surface area contributed by atoms with Gasteiger partial charge in [-0.2, -0.15) is 0 Å². The van der Waals surface area contributed by atoms with E-state index in [1.807, 2.05) is 18.2 Å². The van der Waals surface area contributed by atoms with E-state index in [4.69, 9.17) is 11.6 Å². The lowest BCUT2D eigenvalue weighted by atomic mass is 9.81. The number of halogens is 3. The molecule has 2 aromatic rings. The topological polar surface area (TPSA) is 0 Å². The molecule has 3 heteroatoms. The molecule has 0 aliphatic heterocycles. The molecule has 2 rings (SSSR count). The van der Waals surface area contributed by atoms with E-state index in [2.05, 4.69) is 41.9 Å². The molecule has 0 heterocycles. The lowest BCUT2D eigenvalue weighted by Gasteiger charge is -2.28. The van der Waals surface area contributed by atoms with Gasteiger partial charge in [0.1, 0.15) is 5.82 Å². The maximum atomic E-state index is 13.4. The summed E-state index contributed by atoms with van der Waals surface area (Å²) < 4.78 is 13.9. The Morgan fingerprint density at radius 2 is 1.76 bits per heavy atom. The van der Waals surface area contributed by atoms with Gasteiger partial charge in [0.2, 0.25) is 0 Å². The van der Waals surface area contributed by atoms with Gasteiger partial charge in [-0.05, 0) is 45.1 Å². The Morgan fingerprint density at radius 1 is 1.10 bits per heavy atom. The third-order valence-corrected chi connectivity index (χ3v) is 5.15. The van der Waals surface area contributed by atoms with Gasteiger partial charge in [-0.25, -0.2) is 4.39 Å². The van der Waals surface area contributed by atoms with Crippen LogP contribution >= 0.6 is 27.5 Å². The largest absolute Gasteiger partial charge is 0.206 e. The Labute approximate surface area is 139 Å². The Morgan fingerprint density at radius 3 is 2.33 bits per heavy atom. The van der Waals surface area contributed by atoms with Crippen LogP contribution in [0.25, 0.3) is 0 Å². The van der Waals surface area contributed by atoms with Crippen LogP contribution in [-0.2, 0) is 0 Å². The molecule has 21 heavy (non-hydrogen) atoms. The summed E-state index contributed by atoms with van der Waals surface area (Å²) in [5.41, 5.74) is 2.17. The van der Waals surface area contributed by atoms with E-state index < -0.39 is 0 Å². The summed E-state index contributed by atoms with van der Waals surface area (Å²) in [5.74, 6) is 0.386. The van der Waals surface area contributed by atoms with Crippen molar-refractivity contribution in [1.29, 1.82) is 0 Å². The zero-order valence-corrected chi connectivity index (χ0v) is 14.5. The van der Waals surface area contributed by atoms with E-state index in [0.29, 0.717) is 10.4 Å². The van der Waals surface area contributed by atoms with Crippen molar-refractivity contribution in [3.05, 3.63) is 69.9 Å². The van der Waals surface area contributed by atoms with Gasteiger partial charge in [-0.3, -0.25) is 0 Å². The highest BCUT2D eigenvalue weighted by molar-refractivity contribution is 9.10. The zero-order valence-electron chi connectivity index (χ0n) is 12.2. The first-order valence-electron chi connectivity index (χ1n) is 7.18. The summed E-state index contributed by atoms with van der Waals surface area (Å²) in [6.45, 7) is 4.39. The predicted molar refractivity (Wildman–Crippen MR) is 91.3 cm³/mol. The smallest absolute Gasteiger partial charge is 0.137 e. The number of hydrogen-bond acceptors (Lipinski definition) is 0. The van der Waals surface area contributed by atoms with Crippen molar-refractivity contribution in [3.8, 4) is 0 Å². The summed E-state index contributed by atoms with van der Waals surface area (Å²) in [4.78, 5) is 0. The van der Waals surface area contributed by atoms with Crippen LogP contribution in [0.3, 0.4) is 0 Å². The molecule has 0 nitrogen and oxygen atoms in total. The van der Waals surface area contributed by atoms with E-state index in [9.17, 15) is 4.39 Å². The molecule has 0 aliphatic carbocycles. The van der Waals surface area contributed by atoms with Crippen molar-refractivity contribution < 1.29 is 4.39 Å². The lowest BCUT2D eigenvalue weighted by molar-refractivity contribution is 0.433. The minimum atomic E-state index is -0.262. The van der Waals surface area contributed by atoms with Crippen LogP contribution < -0.4 is 0 Å². The summed E-state index contributed by atoms with van der Waals surface area (Å²) in [6, 6.07) is 15.3. The fourth-order valence-corrected chi connectivity index (χ4v) is 3.53. The molecular formula is C18H19BrClF. The molecule has 0 aliphatic rings. The molecule has 0 spiro atoms. The van der Waals surface area contributed by atoms with E-state index >= 15 is 0 Å². The SMILES string of the molecule is CCC(C)C(c1ccccc1)C(Cl)c1ccc(F)c(Br)c1. The molecular weight excluding hydrogens is 351 g/mol. The first-order valence-corrected chi connectivity index (χ1v) is 8.41. The normalized spacial score (nSPS) is 15.5. The average Bonchev–Trinajstić information content (AvgIpc) is 2.51. The molecule has 0 saturated heterocycles. The molecule has 3 atom stereocenters. The maximum Gasteiger partial charge on any atom is 0.137 e. The Bertz CT molecular complexity index is 585. The van der Waals surface area contributed by atoms with Crippen molar-refractivity contribution in [2.75, 3.05) is 0 Å². The first-order chi connectivity index (χ1) is 10.0. The molecule has 3 unspecified atom stereocenters. The molecule has 0 saturated carbocycles. The zero-order chi connectivity index (χ0) is 15.4. The summed E-state index contributed by atoms with van der Waals surface area (Å²) >= 11 is 10.0. The minimum Gasteiger partial charge on any atom is -0.206 e. The second-order valence-electron chi connectivity index (χ2n) is 5.40. The first kappa shape index (κ1) is 16.5. The van der Waals surface area contributed by atoms with Crippen LogP contribution in [0.1, 0.15) is 42.7 Å². The predicted octanol–water partition coefficient (Wildman–Crippen LogP) is 6.70. The Hall–Kier alpha value is -0.860. The van der Waals surface area contributed by atoms with Gasteiger partial charge >= 0.3 is 0 Å². The van der Waals surface area contributed by atoms with Crippen molar-refractivity contribution in [2.45, 2.75) is 31.6 Å². The van der Waals surface area contributed by atoms with E-state index in [1.54, 1.807) is 12.1 Å². The van der Waals surface area contributed by atoms with Gasteiger partial charge in [0.15, 0.2) is 0 Å². The quantitative estimate of drug-likeness (QED) is 0.514. The summed E-state index contributed by atoms with van der Waals surface area (Å²) in [6.07, 6.45) is 1.05. The molecule has 2 aromatic carbocycles. The third kappa shape index (κ3) is 3.87. The number of rotatable bonds is 5. The van der Waals surface area contributed by atoms with Crippen LogP contribution in [0, 0.1) is 11.7 Å². The van der Waals surface area contributed by atoms with Crippen LogP contribution in [-0.4, -0.2) is 0 Å². The van der Waals surface area contributed by atoms with Crippen molar-refractivity contribution >= 4 is 27.5 Å². The lowest BCUT2D eigenvalue weighted by Crippen LogP contribution is -2.15. The van der Waals surface area contributed by atoms with Gasteiger partial charge in [0.05, 0.1) is 9.85 Å². The second-order valence-corrected chi connectivity index (χ2v) is 6.72. The van der Waals surface area contributed by atoms with Crippen LogP contribution in [0.5, 0.6) is 0 Å². The standard InChI is InChI=1S/C18H19BrClF/c1-3-12(2)17(13-7-5-4-6-8-13)18(20)14-9-10-16(21)15(19)11-14/h4-12,17-18H,3H2,1-2H3. The fraction of sp³-hybridized carbons (Fsp3) is 0.333. The molecule has 0 fully saturated rings. The number of hydrogen-bond donors (Lipinski definition) is 0. The molecule has 0 amide bonds. The Kier molecular flexibility index (Phi) is 5.83. The maximum absolute atomic E-state index is 13.4. The third-order valence-electron chi connectivity index (χ3n) is 4.02. The highest BCUT2D eigenvalue weighted by Gasteiger charge is 2.27. The minimum absolute atomic E-state index is 0.181. The van der Waals surface area contributed by atoms with E-state index in [1.165, 1.54) is 11.6 Å². The highest BCUT2D eigenvalue weighted by atomic mass is 79.9. The van der Waals surface area contributed by atoms with Gasteiger partial charge in [0.25, 0.3) is 0 Å². The van der Waals surface area contributed by atoms with Gasteiger partial charge < -0.3 is 0 Å². The monoisotopic (exact) mass is 368 g/mol. The van der Waals surface area contributed by atoms with Gasteiger partial charge in [0, 0.05) is 5.92 Å². The van der Waals surface area contributed by atoms with Crippen LogP contribution in [0.15, 0.2) is 53.0 Å². The molecule has 0 bridgehead atoms. The highest BCUT2D eigenvalue weighted by Crippen LogP contribution is 2.43. The van der Waals surface area contributed by atoms with Crippen molar-refractivity contribution in [1.82, 2.24) is 0 Å². The van der Waals surface area contributed by atoms with Crippen LogP contribution in [0.4, 0.5) is 4.39 Å². The molecule has 0 N–H and O–H groups in total. The molecule has 112 valence electrons. The number of alkyl halides is 1.